The van der Waals surface area contributed by atoms with Crippen molar-refractivity contribution in [3.8, 4) is 5.75 Å². The van der Waals surface area contributed by atoms with Gasteiger partial charge in [0.25, 0.3) is 0 Å². The molecule has 4 bridgehead atoms. The maximum Gasteiger partial charge on any atom is 0.204 e. The first-order valence-corrected chi connectivity index (χ1v) is 12.3. The number of hydrogen-bond acceptors (Lipinski definition) is 2. The van der Waals surface area contributed by atoms with Gasteiger partial charge in [-0.2, -0.15) is 0 Å². The average Bonchev–Trinajstić information content (AvgIpc) is 3.46. The third-order valence-electron chi connectivity index (χ3n) is 8.98. The van der Waals surface area contributed by atoms with Gasteiger partial charge in [-0.25, -0.2) is 0 Å². The molecule has 0 spiro atoms. The molecule has 4 aliphatic rings. The summed E-state index contributed by atoms with van der Waals surface area (Å²) in [5, 5.41) is 0. The van der Waals surface area contributed by atoms with Gasteiger partial charge < -0.3 is 9.47 Å². The third kappa shape index (κ3) is 3.44. The first kappa shape index (κ1) is 19.9. The molecule has 9 unspecified atom stereocenters. The van der Waals surface area contributed by atoms with Crippen LogP contribution >= 0.6 is 0 Å². The Hall–Kier alpha value is -1.02. The lowest BCUT2D eigenvalue weighted by molar-refractivity contribution is -0.190. The molecule has 0 amide bonds. The van der Waals surface area contributed by atoms with Gasteiger partial charge in [0.2, 0.25) is 6.29 Å². The summed E-state index contributed by atoms with van der Waals surface area (Å²) in [6.07, 6.45) is 8.62. The van der Waals surface area contributed by atoms with E-state index in [9.17, 15) is 0 Å². The summed E-state index contributed by atoms with van der Waals surface area (Å²) in [6.45, 7) is 11.3. The van der Waals surface area contributed by atoms with E-state index in [0.717, 1.165) is 41.3 Å². The molecule has 9 atom stereocenters. The zero-order chi connectivity index (χ0) is 20.3. The van der Waals surface area contributed by atoms with Crippen LogP contribution in [0, 0.1) is 40.9 Å². The highest BCUT2D eigenvalue weighted by atomic mass is 16.7. The Balaban J connectivity index is 1.28. The Morgan fingerprint density at radius 2 is 1.62 bits per heavy atom. The molecule has 4 fully saturated rings. The van der Waals surface area contributed by atoms with Crippen LogP contribution in [-0.4, -0.2) is 12.4 Å². The predicted octanol–water partition coefficient (Wildman–Crippen LogP) is 7.04. The lowest BCUT2D eigenvalue weighted by Gasteiger charge is -2.41. The topological polar surface area (TPSA) is 18.5 Å². The van der Waals surface area contributed by atoms with E-state index >= 15 is 0 Å². The summed E-state index contributed by atoms with van der Waals surface area (Å²) >= 11 is 0. The first-order valence-electron chi connectivity index (χ1n) is 12.3. The molecule has 1 aromatic rings. The Kier molecular flexibility index (Phi) is 5.01. The third-order valence-corrected chi connectivity index (χ3v) is 8.98. The Labute approximate surface area is 177 Å². The summed E-state index contributed by atoms with van der Waals surface area (Å²) in [5.41, 5.74) is 1.36. The quantitative estimate of drug-likeness (QED) is 0.379. The summed E-state index contributed by atoms with van der Waals surface area (Å²) in [5.74, 6) is 7.34. The molecule has 160 valence electrons. The fourth-order valence-electron chi connectivity index (χ4n) is 7.46. The van der Waals surface area contributed by atoms with Crippen molar-refractivity contribution in [1.82, 2.24) is 0 Å². The largest absolute Gasteiger partial charge is 0.464 e. The summed E-state index contributed by atoms with van der Waals surface area (Å²) in [4.78, 5) is 0. The molecule has 0 aliphatic heterocycles. The fourth-order valence-corrected chi connectivity index (χ4v) is 7.46. The summed E-state index contributed by atoms with van der Waals surface area (Å²) in [6, 6.07) is 8.72. The predicted molar refractivity (Wildman–Crippen MR) is 118 cm³/mol. The van der Waals surface area contributed by atoms with Gasteiger partial charge in [0.05, 0.1) is 6.10 Å². The van der Waals surface area contributed by atoms with E-state index in [1.54, 1.807) is 0 Å². The first-order chi connectivity index (χ1) is 13.8. The fraction of sp³-hybridized carbons (Fsp3) is 0.778. The summed E-state index contributed by atoms with van der Waals surface area (Å²) < 4.78 is 13.3. The molecular weight excluding hydrogens is 356 g/mol. The molecule has 1 aromatic carbocycles. The van der Waals surface area contributed by atoms with Gasteiger partial charge in [-0.1, -0.05) is 46.8 Å². The van der Waals surface area contributed by atoms with Gasteiger partial charge >= 0.3 is 0 Å². The van der Waals surface area contributed by atoms with E-state index in [-0.39, 0.29) is 11.7 Å². The molecule has 0 saturated heterocycles. The molecule has 2 nitrogen and oxygen atoms in total. The zero-order valence-corrected chi connectivity index (χ0v) is 19.1. The minimum atomic E-state index is -0.182. The van der Waals surface area contributed by atoms with Crippen LogP contribution in [0.15, 0.2) is 24.3 Å². The van der Waals surface area contributed by atoms with Gasteiger partial charge in [0.15, 0.2) is 0 Å². The van der Waals surface area contributed by atoms with E-state index in [1.165, 1.54) is 44.1 Å². The van der Waals surface area contributed by atoms with Crippen LogP contribution in [0.1, 0.15) is 84.6 Å². The Morgan fingerprint density at radius 3 is 2.28 bits per heavy atom. The van der Waals surface area contributed by atoms with Crippen molar-refractivity contribution in [3.05, 3.63) is 29.8 Å². The van der Waals surface area contributed by atoms with Crippen molar-refractivity contribution in [3.63, 3.8) is 0 Å². The highest BCUT2D eigenvalue weighted by molar-refractivity contribution is 5.29. The minimum absolute atomic E-state index is 0.0364. The van der Waals surface area contributed by atoms with Crippen molar-refractivity contribution in [1.29, 1.82) is 0 Å². The number of rotatable bonds is 6. The molecule has 29 heavy (non-hydrogen) atoms. The van der Waals surface area contributed by atoms with Gasteiger partial charge in [-0.3, -0.25) is 0 Å². The molecule has 0 N–H and O–H groups in total. The van der Waals surface area contributed by atoms with Crippen LogP contribution in [0.3, 0.4) is 0 Å². The van der Waals surface area contributed by atoms with Gasteiger partial charge in [-0.15, -0.1) is 0 Å². The van der Waals surface area contributed by atoms with Crippen LogP contribution in [0.5, 0.6) is 5.75 Å². The van der Waals surface area contributed by atoms with Crippen molar-refractivity contribution in [2.24, 2.45) is 40.9 Å². The molecule has 4 aliphatic carbocycles. The zero-order valence-electron chi connectivity index (χ0n) is 19.1. The number of benzene rings is 1. The number of ether oxygens (including phenoxy) is 2. The molecule has 0 aromatic heterocycles. The van der Waals surface area contributed by atoms with Crippen molar-refractivity contribution in [2.75, 3.05) is 0 Å². The van der Waals surface area contributed by atoms with Crippen molar-refractivity contribution in [2.45, 2.75) is 91.5 Å². The van der Waals surface area contributed by atoms with E-state index in [4.69, 9.17) is 9.47 Å². The standard InChI is InChI=1S/C27H40O2/c1-6-16(2)17-9-11-21(12-10-17)28-26(27(3,4)5)29-23-15-20-14-22(23)25-19-8-7-18(13-19)24(20)25/h9-12,16,18-20,22-26H,6-8,13-15H2,1-5H3. The van der Waals surface area contributed by atoms with Crippen molar-refractivity contribution < 1.29 is 9.47 Å². The molecule has 0 heterocycles. The normalized spacial score (nSPS) is 39.6. The SMILES string of the molecule is CCC(C)c1ccc(OC(OC2CC3CC2C2C4CCC(C4)C32)C(C)(C)C)cc1. The summed E-state index contributed by atoms with van der Waals surface area (Å²) in [7, 11) is 0. The molecule has 4 saturated carbocycles. The molecule has 2 heteroatoms. The van der Waals surface area contributed by atoms with Crippen LogP contribution in [-0.2, 0) is 4.74 Å². The van der Waals surface area contributed by atoms with E-state index in [2.05, 4.69) is 58.9 Å². The monoisotopic (exact) mass is 396 g/mol. The molecule has 5 rings (SSSR count). The average molecular weight is 397 g/mol. The van der Waals surface area contributed by atoms with Gasteiger partial charge in [0, 0.05) is 5.41 Å². The van der Waals surface area contributed by atoms with Crippen LogP contribution in [0.25, 0.3) is 0 Å². The van der Waals surface area contributed by atoms with E-state index in [0.29, 0.717) is 12.0 Å². The highest BCUT2D eigenvalue weighted by Crippen LogP contribution is 2.68. The second-order valence-corrected chi connectivity index (χ2v) is 11.8. The molecular formula is C27H40O2. The lowest BCUT2D eigenvalue weighted by atomic mass is 9.70. The maximum atomic E-state index is 6.81. The molecule has 0 radical (unpaired) electrons. The van der Waals surface area contributed by atoms with Gasteiger partial charge in [-0.05, 0) is 97.6 Å². The minimum Gasteiger partial charge on any atom is -0.464 e. The van der Waals surface area contributed by atoms with E-state index in [1.807, 2.05) is 0 Å². The van der Waals surface area contributed by atoms with Crippen LogP contribution in [0.4, 0.5) is 0 Å². The number of hydrogen-bond donors (Lipinski definition) is 0. The second kappa shape index (κ2) is 7.29. The maximum absolute atomic E-state index is 6.81. The Bertz CT molecular complexity index is 717. The number of fused-ring (bicyclic) bond motifs is 9. The van der Waals surface area contributed by atoms with Gasteiger partial charge in [0.1, 0.15) is 5.75 Å². The second-order valence-electron chi connectivity index (χ2n) is 11.8. The smallest absolute Gasteiger partial charge is 0.204 e. The highest BCUT2D eigenvalue weighted by Gasteiger charge is 2.63. The Morgan fingerprint density at radius 1 is 0.931 bits per heavy atom. The van der Waals surface area contributed by atoms with E-state index < -0.39 is 0 Å². The van der Waals surface area contributed by atoms with Crippen LogP contribution < -0.4 is 4.74 Å². The van der Waals surface area contributed by atoms with Crippen LogP contribution in [0.2, 0.25) is 0 Å². The lowest BCUT2D eigenvalue weighted by Crippen LogP contribution is -2.43. The van der Waals surface area contributed by atoms with Crippen molar-refractivity contribution >= 4 is 0 Å².